The Morgan fingerprint density at radius 2 is 1.74 bits per heavy atom. The molecule has 0 saturated heterocycles. The number of halogens is 1. The monoisotopic (exact) mass is 435 g/mol. The van der Waals surface area contributed by atoms with Gasteiger partial charge in [-0.25, -0.2) is 4.79 Å². The molecule has 2 aliphatic rings. The summed E-state index contributed by atoms with van der Waals surface area (Å²) in [7, 11) is 1.37. The van der Waals surface area contributed by atoms with Crippen LogP contribution in [-0.2, 0) is 14.3 Å². The first kappa shape index (κ1) is 21.5. The van der Waals surface area contributed by atoms with E-state index in [4.69, 9.17) is 21.3 Å². The summed E-state index contributed by atoms with van der Waals surface area (Å²) < 4.78 is 5.08. The average Bonchev–Trinajstić information content (AvgIpc) is 2.72. The van der Waals surface area contributed by atoms with Crippen LogP contribution in [-0.4, -0.2) is 24.6 Å². The summed E-state index contributed by atoms with van der Waals surface area (Å²) in [4.78, 5) is 30.7. The van der Waals surface area contributed by atoms with Crippen molar-refractivity contribution in [1.29, 1.82) is 0 Å². The maximum Gasteiger partial charge on any atom is 0.336 e. The molecule has 5 heteroatoms. The topological polar surface area (TPSA) is 55.7 Å². The molecule has 31 heavy (non-hydrogen) atoms. The molecular weight excluding hydrogens is 410 g/mol. The van der Waals surface area contributed by atoms with Gasteiger partial charge in [0.25, 0.3) is 0 Å². The van der Waals surface area contributed by atoms with Crippen LogP contribution in [0.1, 0.15) is 45.1 Å². The number of methoxy groups -OCH3 is 1. The van der Waals surface area contributed by atoms with Crippen LogP contribution in [0, 0.1) is 11.3 Å². The van der Waals surface area contributed by atoms with Gasteiger partial charge in [0, 0.05) is 34.3 Å². The van der Waals surface area contributed by atoms with Crippen molar-refractivity contribution in [2.75, 3.05) is 7.11 Å². The number of carbonyl (C=O) groups excluding carboxylic acids is 2. The van der Waals surface area contributed by atoms with Crippen molar-refractivity contribution in [3.8, 4) is 11.1 Å². The molecule has 2 atom stereocenters. The van der Waals surface area contributed by atoms with Crippen LogP contribution in [0.4, 0.5) is 0 Å². The summed E-state index contributed by atoms with van der Waals surface area (Å²) in [5.74, 6) is -1.14. The molecule has 4 rings (SSSR count). The largest absolute Gasteiger partial charge is 0.466 e. The molecule has 1 saturated carbocycles. The van der Waals surface area contributed by atoms with Gasteiger partial charge in [-0.05, 0) is 36.0 Å². The zero-order valence-corrected chi connectivity index (χ0v) is 19.0. The van der Waals surface area contributed by atoms with Gasteiger partial charge in [-0.1, -0.05) is 67.9 Å². The summed E-state index contributed by atoms with van der Waals surface area (Å²) in [6.45, 7) is 6.00. The van der Waals surface area contributed by atoms with E-state index in [0.29, 0.717) is 22.7 Å². The maximum atomic E-state index is 13.3. The van der Waals surface area contributed by atoms with Crippen LogP contribution in [0.2, 0.25) is 5.02 Å². The highest BCUT2D eigenvalue weighted by Gasteiger charge is 2.47. The number of esters is 1. The summed E-state index contributed by atoms with van der Waals surface area (Å²) in [6, 6.07) is 15.6. The molecule has 0 radical (unpaired) electrons. The fourth-order valence-corrected chi connectivity index (χ4v) is 5.14. The molecule has 2 aromatic rings. The molecule has 160 valence electrons. The van der Waals surface area contributed by atoms with Gasteiger partial charge in [0.15, 0.2) is 0 Å². The van der Waals surface area contributed by atoms with Gasteiger partial charge in [0.05, 0.1) is 18.6 Å². The number of benzene rings is 2. The van der Waals surface area contributed by atoms with Gasteiger partial charge in [-0.15, -0.1) is 0 Å². The van der Waals surface area contributed by atoms with Gasteiger partial charge in [0.1, 0.15) is 5.78 Å². The van der Waals surface area contributed by atoms with E-state index in [2.05, 4.69) is 13.8 Å². The smallest absolute Gasteiger partial charge is 0.336 e. The number of nitrogens with zero attached hydrogens (tertiary/aromatic N) is 1. The average molecular weight is 436 g/mol. The minimum absolute atomic E-state index is 0.129. The SMILES string of the molecule is COC(=O)C1=C(C)N=C2CC(C)(C)CC(=O)C2C1c1ccc(-c2ccccc2Cl)cc1. The lowest BCUT2D eigenvalue weighted by atomic mass is 9.63. The van der Waals surface area contributed by atoms with Crippen molar-refractivity contribution >= 4 is 29.1 Å². The van der Waals surface area contributed by atoms with Crippen LogP contribution in [0.5, 0.6) is 0 Å². The summed E-state index contributed by atoms with van der Waals surface area (Å²) in [5.41, 5.74) is 4.66. The van der Waals surface area contributed by atoms with Gasteiger partial charge in [-0.3, -0.25) is 9.79 Å². The Labute approximate surface area is 188 Å². The lowest BCUT2D eigenvalue weighted by Crippen LogP contribution is -2.44. The molecule has 1 aliphatic heterocycles. The third-order valence-corrected chi connectivity index (χ3v) is 6.55. The van der Waals surface area contributed by atoms with E-state index in [0.717, 1.165) is 28.8 Å². The van der Waals surface area contributed by atoms with Crippen LogP contribution in [0.3, 0.4) is 0 Å². The van der Waals surface area contributed by atoms with Crippen molar-refractivity contribution in [1.82, 2.24) is 0 Å². The van der Waals surface area contributed by atoms with Crippen LogP contribution < -0.4 is 0 Å². The van der Waals surface area contributed by atoms with Crippen molar-refractivity contribution < 1.29 is 14.3 Å². The van der Waals surface area contributed by atoms with Gasteiger partial charge in [0.2, 0.25) is 0 Å². The number of allylic oxidation sites excluding steroid dienone is 1. The third-order valence-electron chi connectivity index (χ3n) is 6.22. The molecule has 1 aliphatic carbocycles. The molecule has 0 N–H and O–H groups in total. The lowest BCUT2D eigenvalue weighted by Gasteiger charge is -2.41. The van der Waals surface area contributed by atoms with Crippen molar-refractivity contribution in [2.45, 2.75) is 39.5 Å². The quantitative estimate of drug-likeness (QED) is 0.556. The molecule has 4 nitrogen and oxygen atoms in total. The van der Waals surface area contributed by atoms with Crippen molar-refractivity contribution in [3.63, 3.8) is 0 Å². The first-order valence-electron chi connectivity index (χ1n) is 10.5. The minimum Gasteiger partial charge on any atom is -0.466 e. The fourth-order valence-electron chi connectivity index (χ4n) is 4.89. The summed E-state index contributed by atoms with van der Waals surface area (Å²) >= 11 is 6.36. The molecule has 0 bridgehead atoms. The second-order valence-corrected chi connectivity index (χ2v) is 9.54. The standard InChI is InChI=1S/C26H26ClNO3/c1-15-22(25(30)31-4)23(24-20(28-15)13-26(2,3)14-21(24)29)17-11-9-16(10-12-17)18-7-5-6-8-19(18)27/h5-12,23-24H,13-14H2,1-4H3. The Bertz CT molecular complexity index is 1110. The molecular formula is C26H26ClNO3. The molecule has 1 heterocycles. The molecule has 0 spiro atoms. The van der Waals surface area contributed by atoms with Crippen LogP contribution in [0.15, 0.2) is 64.8 Å². The van der Waals surface area contributed by atoms with Gasteiger partial charge in [-0.2, -0.15) is 0 Å². The van der Waals surface area contributed by atoms with Crippen molar-refractivity contribution in [3.05, 3.63) is 70.4 Å². The Balaban J connectivity index is 1.81. The molecule has 0 amide bonds. The Kier molecular flexibility index (Phi) is 5.61. The Morgan fingerprint density at radius 1 is 1.06 bits per heavy atom. The highest BCUT2D eigenvalue weighted by atomic mass is 35.5. The fraction of sp³-hybridized carbons (Fsp3) is 0.346. The minimum atomic E-state index is -0.433. The first-order chi connectivity index (χ1) is 14.7. The highest BCUT2D eigenvalue weighted by molar-refractivity contribution is 6.33. The van der Waals surface area contributed by atoms with Crippen LogP contribution >= 0.6 is 11.6 Å². The number of ether oxygens (including phenoxy) is 1. The van der Waals surface area contributed by atoms with Crippen molar-refractivity contribution in [2.24, 2.45) is 16.3 Å². The maximum absolute atomic E-state index is 13.3. The van der Waals surface area contributed by atoms with E-state index in [1.807, 2.05) is 55.5 Å². The number of fused-ring (bicyclic) bond motifs is 1. The normalized spacial score (nSPS) is 22.6. The van der Waals surface area contributed by atoms with E-state index in [-0.39, 0.29) is 11.2 Å². The molecule has 0 aromatic heterocycles. The molecule has 2 aromatic carbocycles. The first-order valence-corrected chi connectivity index (χ1v) is 10.8. The number of hydrogen-bond acceptors (Lipinski definition) is 4. The van der Waals surface area contributed by atoms with Gasteiger partial charge < -0.3 is 4.74 Å². The molecule has 1 fully saturated rings. The zero-order valence-electron chi connectivity index (χ0n) is 18.2. The predicted octanol–water partition coefficient (Wildman–Crippen LogP) is 6.00. The Hall–Kier alpha value is -2.72. The number of carbonyl (C=O) groups is 2. The van der Waals surface area contributed by atoms with Crippen LogP contribution in [0.25, 0.3) is 11.1 Å². The van der Waals surface area contributed by atoms with E-state index < -0.39 is 17.8 Å². The second kappa shape index (κ2) is 8.08. The zero-order chi connectivity index (χ0) is 22.3. The van der Waals surface area contributed by atoms with E-state index in [1.54, 1.807) is 0 Å². The van der Waals surface area contributed by atoms with Gasteiger partial charge >= 0.3 is 5.97 Å². The number of Topliss-reactive ketones (excluding diaryl/α,β-unsaturated/α-hetero) is 1. The Morgan fingerprint density at radius 3 is 2.39 bits per heavy atom. The summed E-state index contributed by atoms with van der Waals surface area (Å²) in [5, 5.41) is 0.679. The number of aliphatic imine (C=N–C) groups is 1. The third kappa shape index (κ3) is 3.97. The number of rotatable bonds is 3. The second-order valence-electron chi connectivity index (χ2n) is 9.14. The number of hydrogen-bond donors (Lipinski definition) is 0. The predicted molar refractivity (Wildman–Crippen MR) is 123 cm³/mol. The summed E-state index contributed by atoms with van der Waals surface area (Å²) in [6.07, 6.45) is 1.21. The highest BCUT2D eigenvalue weighted by Crippen LogP contribution is 2.47. The van der Waals surface area contributed by atoms with E-state index in [9.17, 15) is 9.59 Å². The van der Waals surface area contributed by atoms with E-state index >= 15 is 0 Å². The lowest BCUT2D eigenvalue weighted by molar-refractivity contribution is -0.136. The van der Waals surface area contributed by atoms with E-state index in [1.165, 1.54) is 7.11 Å². The molecule has 2 unspecified atom stereocenters. The number of ketones is 1.